The smallest absolute Gasteiger partial charge is 0.253 e. The Bertz CT molecular complexity index is 948. The maximum absolute atomic E-state index is 12.8. The molecule has 0 amide bonds. The molecule has 1 atom stereocenters. The van der Waals surface area contributed by atoms with Crippen LogP contribution in [0.25, 0.3) is 10.9 Å². The van der Waals surface area contributed by atoms with Crippen LogP contribution in [0.15, 0.2) is 23.0 Å². The number of fused-ring (bicyclic) bond motifs is 1. The minimum atomic E-state index is -0.0504. The van der Waals surface area contributed by atoms with Crippen molar-refractivity contribution in [2.75, 3.05) is 39.3 Å². The molecular weight excluding hydrogens is 408 g/mol. The van der Waals surface area contributed by atoms with E-state index in [2.05, 4.69) is 53.9 Å². The lowest BCUT2D eigenvalue weighted by Crippen LogP contribution is -2.46. The van der Waals surface area contributed by atoms with Crippen molar-refractivity contribution in [3.63, 3.8) is 0 Å². The van der Waals surface area contributed by atoms with E-state index in [4.69, 9.17) is 17.0 Å². The summed E-state index contributed by atoms with van der Waals surface area (Å²) in [5, 5.41) is 5.12. The molecule has 1 aromatic heterocycles. The molecule has 1 fully saturated rings. The number of likely N-dealkylation sites (N-methyl/N-ethyl adjacent to an activating group) is 1. The molecule has 0 saturated carbocycles. The van der Waals surface area contributed by atoms with Crippen LogP contribution in [-0.4, -0.2) is 65.3 Å². The number of pyridine rings is 1. The Hall–Kier alpha value is -1.96. The summed E-state index contributed by atoms with van der Waals surface area (Å²) in [6, 6.07) is 6.19. The Labute approximate surface area is 191 Å². The second kappa shape index (κ2) is 11.1. The van der Waals surface area contributed by atoms with Crippen molar-refractivity contribution in [2.45, 2.75) is 53.2 Å². The van der Waals surface area contributed by atoms with Crippen LogP contribution < -0.4 is 10.9 Å². The number of nitrogens with one attached hydrogen (secondary N) is 2. The first-order valence-corrected chi connectivity index (χ1v) is 11.8. The van der Waals surface area contributed by atoms with Crippen molar-refractivity contribution in [3.05, 3.63) is 45.2 Å². The zero-order chi connectivity index (χ0) is 22.4. The second-order valence-electron chi connectivity index (χ2n) is 8.42. The topological polar surface area (TPSA) is 60.6 Å². The number of hydrogen-bond acceptors (Lipinski definition) is 4. The van der Waals surface area contributed by atoms with E-state index in [0.717, 1.165) is 62.1 Å². The second-order valence-corrected chi connectivity index (χ2v) is 8.80. The molecule has 1 aliphatic rings. The van der Waals surface area contributed by atoms with Gasteiger partial charge in [-0.15, -0.1) is 0 Å². The molecule has 2 heterocycles. The fraction of sp³-hybridized carbons (Fsp3) is 0.583. The number of nitrogens with zero attached hydrogens (tertiary/aromatic N) is 2. The van der Waals surface area contributed by atoms with E-state index in [1.165, 1.54) is 11.1 Å². The predicted octanol–water partition coefficient (Wildman–Crippen LogP) is 3.34. The summed E-state index contributed by atoms with van der Waals surface area (Å²) >= 11 is 5.74. The van der Waals surface area contributed by atoms with Crippen molar-refractivity contribution < 1.29 is 4.74 Å². The summed E-state index contributed by atoms with van der Waals surface area (Å²) in [7, 11) is 0. The molecule has 3 rings (SSSR count). The molecule has 2 aromatic rings. The van der Waals surface area contributed by atoms with Crippen molar-refractivity contribution in [1.29, 1.82) is 0 Å². The average Bonchev–Trinajstić information content (AvgIpc) is 3.27. The third kappa shape index (κ3) is 6.28. The summed E-state index contributed by atoms with van der Waals surface area (Å²) in [4.78, 5) is 20.4. The van der Waals surface area contributed by atoms with Gasteiger partial charge in [-0.1, -0.05) is 13.8 Å². The quantitative estimate of drug-likeness (QED) is 0.579. The van der Waals surface area contributed by atoms with Crippen LogP contribution in [0.1, 0.15) is 43.4 Å². The van der Waals surface area contributed by atoms with Crippen LogP contribution in [0, 0.1) is 13.8 Å². The van der Waals surface area contributed by atoms with Gasteiger partial charge in [-0.25, -0.2) is 0 Å². The zero-order valence-corrected chi connectivity index (χ0v) is 20.1. The van der Waals surface area contributed by atoms with Crippen LogP contribution in [0.5, 0.6) is 0 Å². The lowest BCUT2D eigenvalue weighted by molar-refractivity contribution is 0.113. The zero-order valence-electron chi connectivity index (χ0n) is 19.3. The average molecular weight is 445 g/mol. The number of benzene rings is 1. The number of aromatic nitrogens is 1. The molecule has 0 unspecified atom stereocenters. The Morgan fingerprint density at radius 2 is 1.94 bits per heavy atom. The predicted molar refractivity (Wildman–Crippen MR) is 132 cm³/mol. The fourth-order valence-corrected chi connectivity index (χ4v) is 4.26. The van der Waals surface area contributed by atoms with Gasteiger partial charge >= 0.3 is 0 Å². The lowest BCUT2D eigenvalue weighted by atomic mass is 10.0. The van der Waals surface area contributed by atoms with E-state index in [-0.39, 0.29) is 11.7 Å². The molecule has 31 heavy (non-hydrogen) atoms. The summed E-state index contributed by atoms with van der Waals surface area (Å²) in [6.45, 7) is 14.2. The first-order chi connectivity index (χ1) is 14.9. The highest BCUT2D eigenvalue weighted by Crippen LogP contribution is 2.18. The van der Waals surface area contributed by atoms with Crippen molar-refractivity contribution in [3.8, 4) is 0 Å². The van der Waals surface area contributed by atoms with Crippen LogP contribution in [0.2, 0.25) is 0 Å². The third-order valence-corrected chi connectivity index (χ3v) is 6.67. The summed E-state index contributed by atoms with van der Waals surface area (Å²) < 4.78 is 5.72. The molecule has 0 aliphatic carbocycles. The number of thiocarbonyl (C=S) groups is 1. The number of H-pyrrole nitrogens is 1. The number of ether oxygens (including phenoxy) is 1. The van der Waals surface area contributed by atoms with Gasteiger partial charge in [-0.05, 0) is 86.7 Å². The largest absolute Gasteiger partial charge is 0.376 e. The van der Waals surface area contributed by atoms with Gasteiger partial charge in [-0.3, -0.25) is 4.79 Å². The SMILES string of the molecule is CCN(CC)CCN(Cc1cc2cc(C)c(C)cc2[nH]c1=O)C(=S)NC[C@@H]1CCCO1. The van der Waals surface area contributed by atoms with E-state index < -0.39 is 0 Å². The molecule has 0 spiro atoms. The molecule has 1 saturated heterocycles. The lowest BCUT2D eigenvalue weighted by Gasteiger charge is -2.29. The van der Waals surface area contributed by atoms with Gasteiger partial charge in [0.1, 0.15) is 0 Å². The highest BCUT2D eigenvalue weighted by molar-refractivity contribution is 7.80. The third-order valence-electron chi connectivity index (χ3n) is 6.27. The first kappa shape index (κ1) is 23.7. The van der Waals surface area contributed by atoms with Gasteiger partial charge in [0, 0.05) is 37.3 Å². The maximum Gasteiger partial charge on any atom is 0.253 e. The molecule has 1 aliphatic heterocycles. The standard InChI is InChI=1S/C24H36N4O2S/c1-5-27(6-2)9-10-28(24(31)25-15-21-8-7-11-30-21)16-20-14-19-12-17(3)18(4)13-22(19)26-23(20)29/h12-14,21H,5-11,15-16H2,1-4H3,(H,25,31)(H,26,29)/t21-/m0/s1. The first-order valence-electron chi connectivity index (χ1n) is 11.4. The van der Waals surface area contributed by atoms with Gasteiger partial charge < -0.3 is 24.8 Å². The van der Waals surface area contributed by atoms with Gasteiger partial charge in [0.15, 0.2) is 5.11 Å². The number of aryl methyl sites for hydroxylation is 2. The van der Waals surface area contributed by atoms with E-state index in [9.17, 15) is 4.79 Å². The summed E-state index contributed by atoms with van der Waals surface area (Å²) in [5.74, 6) is 0. The number of rotatable bonds is 9. The van der Waals surface area contributed by atoms with Crippen LogP contribution in [-0.2, 0) is 11.3 Å². The highest BCUT2D eigenvalue weighted by Gasteiger charge is 2.19. The van der Waals surface area contributed by atoms with Crippen molar-refractivity contribution >= 4 is 28.2 Å². The van der Waals surface area contributed by atoms with E-state index in [1.807, 2.05) is 12.1 Å². The molecule has 0 radical (unpaired) electrons. The van der Waals surface area contributed by atoms with Crippen LogP contribution >= 0.6 is 12.2 Å². The molecule has 1 aromatic carbocycles. The summed E-state index contributed by atoms with van der Waals surface area (Å²) in [5.41, 5.74) is 3.96. The maximum atomic E-state index is 12.8. The monoisotopic (exact) mass is 444 g/mol. The minimum Gasteiger partial charge on any atom is -0.376 e. The van der Waals surface area contributed by atoms with Crippen LogP contribution in [0.3, 0.4) is 0 Å². The van der Waals surface area contributed by atoms with Gasteiger partial charge in [0.05, 0.1) is 12.6 Å². The van der Waals surface area contributed by atoms with Crippen molar-refractivity contribution in [2.24, 2.45) is 0 Å². The molecule has 2 N–H and O–H groups in total. The fourth-order valence-electron chi connectivity index (χ4n) is 4.02. The molecule has 0 bridgehead atoms. The molecule has 170 valence electrons. The normalized spacial score (nSPS) is 16.2. The van der Waals surface area contributed by atoms with Crippen molar-refractivity contribution in [1.82, 2.24) is 20.1 Å². The molecular formula is C24H36N4O2S. The summed E-state index contributed by atoms with van der Waals surface area (Å²) in [6.07, 6.45) is 2.40. The Kier molecular flexibility index (Phi) is 8.46. The highest BCUT2D eigenvalue weighted by atomic mass is 32.1. The Morgan fingerprint density at radius 1 is 1.19 bits per heavy atom. The number of aromatic amines is 1. The van der Waals surface area contributed by atoms with Gasteiger partial charge in [0.25, 0.3) is 5.56 Å². The van der Waals surface area contributed by atoms with Crippen LogP contribution in [0.4, 0.5) is 0 Å². The van der Waals surface area contributed by atoms with E-state index in [0.29, 0.717) is 18.2 Å². The van der Waals surface area contributed by atoms with E-state index in [1.54, 1.807) is 0 Å². The molecule has 6 nitrogen and oxygen atoms in total. The Balaban J connectivity index is 1.78. The van der Waals surface area contributed by atoms with E-state index >= 15 is 0 Å². The minimum absolute atomic E-state index is 0.0504. The van der Waals surface area contributed by atoms with Gasteiger partial charge in [0.2, 0.25) is 0 Å². The number of hydrogen-bond donors (Lipinski definition) is 2. The van der Waals surface area contributed by atoms with Gasteiger partial charge in [-0.2, -0.15) is 0 Å². The molecule has 7 heteroatoms. The Morgan fingerprint density at radius 3 is 2.61 bits per heavy atom.